The number of Topliss-reactive ketones (excluding diaryl/α,β-unsaturated/α-hetero) is 1. The Kier molecular flexibility index (Phi) is 45.8. The molecule has 2 fully saturated rings. The van der Waals surface area contributed by atoms with Gasteiger partial charge in [-0.2, -0.15) is 0 Å². The van der Waals surface area contributed by atoms with Crippen LogP contribution in [0.25, 0.3) is 10.9 Å². The van der Waals surface area contributed by atoms with Crippen LogP contribution < -0.4 is 74.7 Å². The summed E-state index contributed by atoms with van der Waals surface area (Å²) in [6.45, 7) is 1.72. The molecule has 2 saturated heterocycles. The summed E-state index contributed by atoms with van der Waals surface area (Å²) in [5.41, 5.74) is 14.0. The Morgan fingerprint density at radius 2 is 1.32 bits per heavy atom. The molecule has 42 heteroatoms. The standard InChI is InChI=1S/C85H131N23O18S/c1-3-4-30-64(98-82(120)70(50-86)102-81(119)69(48-59-52-89-55-94-59)95-76(114)54-126-44-43-125-42-41-91-73(111)36-26-45-127(123,124)105-75(113)35-20-15-13-11-9-7-5-6-8-10-12-14-19-34-72-103-106-107-104-72)77(115)99-66-37-38-74(112)90-39-24-23-31-62(56(2)109)96-80(118)68(47-58-51-93-63-32-22-21-29-61(58)63)100-78(116)65(33-25-40-92-85(87)88)97-79(117)67(46-57-27-17-16-18-28-57)101-83(121)71-49-60(110)53-108(71)84(66)122/h16-18,21-22,27-29,32,51-52,55,60,62,64-71,93,110H,3-15,19-20,23-26,30-31,33-50,53-54,86H2,1-2H3,(H,89,94)(H,90,112)(H,91,111)(H,95,114)(H,96,118)(H,97,117)(H,98,120)(H,99,115)(H,100,116)(H,101,121)(H,102,119)(H,105,113)(H4,87,88,92)(H,103,104,106,107)/t60-,62+,64+,65+,66+,67-,68+,69+,70+,71+/m1/s1. The Bertz CT molecular complexity index is 4410. The van der Waals surface area contributed by atoms with E-state index in [1.165, 1.54) is 58.0 Å². The number of carbonyl (C=O) groups excluding carboxylic acids is 13. The molecule has 3 aromatic heterocycles. The molecule has 5 aromatic rings. The van der Waals surface area contributed by atoms with Crippen molar-refractivity contribution in [2.24, 2.45) is 11.5 Å². The van der Waals surface area contributed by atoms with Crippen LogP contribution in [0.2, 0.25) is 0 Å². The lowest BCUT2D eigenvalue weighted by atomic mass is 10.0. The van der Waals surface area contributed by atoms with E-state index in [4.69, 9.17) is 26.4 Å². The first kappa shape index (κ1) is 103. The van der Waals surface area contributed by atoms with E-state index in [9.17, 15) is 71.1 Å². The van der Waals surface area contributed by atoms with Crippen molar-refractivity contribution in [1.29, 1.82) is 5.41 Å². The van der Waals surface area contributed by atoms with E-state index in [-0.39, 0.29) is 116 Å². The molecule has 2 aromatic carbocycles. The molecule has 12 amide bonds. The summed E-state index contributed by atoms with van der Waals surface area (Å²) in [5.74, 6) is -9.69. The number of aryl methyl sites for hydroxylation is 1. The number of nitrogens with one attached hydrogen (secondary N) is 16. The summed E-state index contributed by atoms with van der Waals surface area (Å²) in [6.07, 6.45) is 18.0. The molecule has 700 valence electrons. The molecule has 2 aliphatic rings. The van der Waals surface area contributed by atoms with Crippen LogP contribution in [0.15, 0.2) is 73.3 Å². The number of hydrogen-bond acceptors (Lipinski definition) is 24. The number of benzene rings is 2. The maximum atomic E-state index is 15.3. The van der Waals surface area contributed by atoms with Crippen molar-refractivity contribution in [2.75, 3.05) is 64.9 Å². The van der Waals surface area contributed by atoms with Crippen LogP contribution in [-0.2, 0) is 108 Å². The number of hydrogen-bond donors (Lipinski definition) is 19. The number of carbonyl (C=O) groups is 13. The predicted molar refractivity (Wildman–Crippen MR) is 469 cm³/mol. The molecule has 0 bridgehead atoms. The lowest BCUT2D eigenvalue weighted by Gasteiger charge is -2.31. The van der Waals surface area contributed by atoms with Crippen LogP contribution in [0.5, 0.6) is 0 Å². The molecule has 41 nitrogen and oxygen atoms in total. The van der Waals surface area contributed by atoms with Crippen LogP contribution in [0.3, 0.4) is 0 Å². The first-order valence-corrected chi connectivity index (χ1v) is 46.0. The quantitative estimate of drug-likeness (QED) is 0.0143. The van der Waals surface area contributed by atoms with Crippen molar-refractivity contribution in [3.8, 4) is 0 Å². The molecular formula is C85H131N23O18S. The number of unbranched alkanes of at least 4 members (excludes halogenated alkanes) is 13. The molecule has 10 atom stereocenters. The van der Waals surface area contributed by atoms with E-state index in [0.717, 1.165) is 66.6 Å². The number of ketones is 1. The highest BCUT2D eigenvalue weighted by molar-refractivity contribution is 7.90. The number of sulfonamides is 1. The average molecular weight is 1800 g/mol. The zero-order chi connectivity index (χ0) is 91.7. The number of nitrogens with zero attached hydrogens (tertiary/aromatic N) is 5. The first-order chi connectivity index (χ1) is 61.2. The maximum absolute atomic E-state index is 15.3. The van der Waals surface area contributed by atoms with E-state index >= 15 is 4.79 Å². The Morgan fingerprint density at radius 3 is 2.02 bits per heavy atom. The highest BCUT2D eigenvalue weighted by Gasteiger charge is 2.44. The van der Waals surface area contributed by atoms with Gasteiger partial charge in [-0.1, -0.05) is 139 Å². The number of imidazole rings is 1. The molecule has 0 radical (unpaired) electrons. The SMILES string of the molecule is CCCC[C@H](NC(=O)[C@H](CN)NC(=O)[C@H](Cc1c[nH]cn1)NC(=O)COCCOCCNC(=O)CCCS(=O)(=O)NC(=O)CCCCCCCCCCCCCCCc1nnn[nH]1)C(=O)N[C@H]1CCC(=O)NCCCC[C@@H](C(C)=O)NC(=O)[C@H](Cc2c[nH]c3ccccc23)NC(=O)[C@H](CCCNC(=N)N)NC(=O)[C@@H](Cc2ccccc2)NC(=O)[C@@H]2C[C@@H](O)CN2C1=O. The van der Waals surface area contributed by atoms with E-state index in [0.29, 0.717) is 48.9 Å². The molecule has 0 saturated carbocycles. The third-order valence-corrected chi connectivity index (χ3v) is 23.3. The number of aliphatic hydroxyl groups is 1. The van der Waals surface area contributed by atoms with Crippen molar-refractivity contribution in [3.05, 3.63) is 96.0 Å². The van der Waals surface area contributed by atoms with E-state index in [1.807, 2.05) is 31.2 Å². The molecule has 127 heavy (non-hydrogen) atoms. The third-order valence-electron chi connectivity index (χ3n) is 21.9. The first-order valence-electron chi connectivity index (χ1n) is 44.4. The van der Waals surface area contributed by atoms with Gasteiger partial charge in [0, 0.05) is 107 Å². The number of fused-ring (bicyclic) bond motifs is 2. The molecule has 0 unspecified atom stereocenters. The number of H-pyrrole nitrogens is 3. The second-order valence-corrected chi connectivity index (χ2v) is 34.1. The van der Waals surface area contributed by atoms with Gasteiger partial charge in [-0.25, -0.2) is 18.5 Å². The van der Waals surface area contributed by atoms with Gasteiger partial charge in [0.25, 0.3) is 0 Å². The average Bonchev–Trinajstić information content (AvgIpc) is 1.65. The summed E-state index contributed by atoms with van der Waals surface area (Å²) >= 11 is 0. The number of nitrogens with two attached hydrogens (primary N) is 2. The topological polar surface area (TPSA) is 617 Å². The Morgan fingerprint density at radius 1 is 0.669 bits per heavy atom. The van der Waals surface area contributed by atoms with Crippen LogP contribution in [-0.4, -0.2) is 262 Å². The summed E-state index contributed by atoms with van der Waals surface area (Å²) in [7, 11) is -3.94. The number of amides is 12. The smallest absolute Gasteiger partial charge is 0.246 e. The van der Waals surface area contributed by atoms with Crippen molar-refractivity contribution in [1.82, 2.24) is 104 Å². The molecule has 21 N–H and O–H groups in total. The van der Waals surface area contributed by atoms with Crippen LogP contribution >= 0.6 is 0 Å². The van der Waals surface area contributed by atoms with Gasteiger partial charge < -0.3 is 99.4 Å². The lowest BCUT2D eigenvalue weighted by molar-refractivity contribution is -0.143. The number of tetrazole rings is 1. The molecule has 0 aliphatic carbocycles. The summed E-state index contributed by atoms with van der Waals surface area (Å²) in [5, 5.41) is 63.5. The van der Waals surface area contributed by atoms with Gasteiger partial charge in [-0.3, -0.25) is 72.5 Å². The Hall–Kier alpha value is -11.4. The number of ether oxygens (including phenoxy) is 2. The number of aromatic amines is 3. The third kappa shape index (κ3) is 38.8. The van der Waals surface area contributed by atoms with E-state index in [2.05, 4.69) is 98.8 Å². The fourth-order valence-corrected chi connectivity index (χ4v) is 16.0. The van der Waals surface area contributed by atoms with Gasteiger partial charge in [0.1, 0.15) is 60.8 Å². The van der Waals surface area contributed by atoms with Gasteiger partial charge >= 0.3 is 0 Å². The van der Waals surface area contributed by atoms with Crippen LogP contribution in [0.4, 0.5) is 0 Å². The summed E-state index contributed by atoms with van der Waals surface area (Å²) in [6, 6.07) is 3.08. The highest BCUT2D eigenvalue weighted by Crippen LogP contribution is 2.24. The normalized spacial score (nSPS) is 19.0. The maximum Gasteiger partial charge on any atom is 0.246 e. The Balaban J connectivity index is 0.913. The minimum Gasteiger partial charge on any atom is -0.391 e. The molecule has 7 rings (SSSR count). The highest BCUT2D eigenvalue weighted by atomic mass is 32.2. The largest absolute Gasteiger partial charge is 0.391 e. The molecular weight excluding hydrogens is 1660 g/mol. The number of guanidine groups is 1. The number of aromatic nitrogens is 7. The summed E-state index contributed by atoms with van der Waals surface area (Å²) < 4.78 is 38.3. The number of para-hydroxylation sites is 1. The van der Waals surface area contributed by atoms with E-state index < -0.39 is 185 Å². The van der Waals surface area contributed by atoms with Crippen LogP contribution in [0.1, 0.15) is 210 Å². The fraction of sp³-hybridized carbons (Fsp3) is 0.624. The minimum atomic E-state index is -3.94. The van der Waals surface area contributed by atoms with Crippen molar-refractivity contribution in [3.63, 3.8) is 0 Å². The summed E-state index contributed by atoms with van der Waals surface area (Å²) in [4.78, 5) is 195. The van der Waals surface area contributed by atoms with E-state index in [1.54, 1.807) is 36.5 Å². The van der Waals surface area contributed by atoms with Crippen molar-refractivity contribution < 1.29 is 85.3 Å². The minimum absolute atomic E-state index is 0.0185. The zero-order valence-corrected chi connectivity index (χ0v) is 73.7. The predicted octanol–water partition coefficient (Wildman–Crippen LogP) is 0.433. The zero-order valence-electron chi connectivity index (χ0n) is 72.9. The monoisotopic (exact) mass is 1790 g/mol. The molecule has 0 spiro atoms. The van der Waals surface area contributed by atoms with Gasteiger partial charge in [-0.15, -0.1) is 5.10 Å². The fourth-order valence-electron chi connectivity index (χ4n) is 14.9. The van der Waals surface area contributed by atoms with Crippen LogP contribution in [0, 0.1) is 5.41 Å². The van der Waals surface area contributed by atoms with Crippen molar-refractivity contribution in [2.45, 2.75) is 273 Å². The lowest BCUT2D eigenvalue weighted by Crippen LogP contribution is -2.61. The molecule has 2 aliphatic heterocycles. The second-order valence-electron chi connectivity index (χ2n) is 32.2. The number of rotatable bonds is 51. The van der Waals surface area contributed by atoms with Gasteiger partial charge in [0.15, 0.2) is 11.7 Å². The number of aliphatic hydroxyl groups excluding tert-OH is 1. The van der Waals surface area contributed by atoms with Gasteiger partial charge in [-0.05, 0) is 98.8 Å². The second kappa shape index (κ2) is 56.7. The molecule has 5 heterocycles. The van der Waals surface area contributed by atoms with Gasteiger partial charge in [0.2, 0.25) is 80.9 Å². The van der Waals surface area contributed by atoms with Crippen molar-refractivity contribution >= 4 is 104 Å². The Labute approximate surface area is 740 Å². The van der Waals surface area contributed by atoms with Gasteiger partial charge in [0.05, 0.1) is 49.7 Å².